The van der Waals surface area contributed by atoms with Gasteiger partial charge < -0.3 is 19.3 Å². The number of benzene rings is 3. The van der Waals surface area contributed by atoms with Gasteiger partial charge in [0.1, 0.15) is 29.7 Å². The molecule has 0 aliphatic heterocycles. The number of hydrogen-bond donors (Lipinski definition) is 2. The van der Waals surface area contributed by atoms with Gasteiger partial charge in [-0.3, -0.25) is 0 Å². The molecule has 8 heteroatoms. The summed E-state index contributed by atoms with van der Waals surface area (Å²) in [4.78, 5) is 9.18. The molecule has 4 aromatic rings. The topological polar surface area (TPSA) is 86.0 Å². The maximum Gasteiger partial charge on any atom is 0.172 e. The fraction of sp³-hybridized carbons (Fsp3) is 0.0952. The molecule has 1 heterocycles. The van der Waals surface area contributed by atoms with Crippen LogP contribution in [0, 0.1) is 5.82 Å². The van der Waals surface area contributed by atoms with Crippen molar-refractivity contribution in [1.29, 1.82) is 0 Å². The Morgan fingerprint density at radius 2 is 1.79 bits per heavy atom. The number of fused-ring (bicyclic) bond motifs is 1. The quantitative estimate of drug-likeness (QED) is 0.358. The molecule has 0 spiro atoms. The first-order valence-electron chi connectivity index (χ1n) is 8.76. The van der Waals surface area contributed by atoms with E-state index in [1.807, 2.05) is 28.8 Å². The first kappa shape index (κ1) is 18.7. The molecule has 29 heavy (non-hydrogen) atoms. The Morgan fingerprint density at radius 3 is 2.62 bits per heavy atom. The van der Waals surface area contributed by atoms with Gasteiger partial charge in [-0.25, -0.2) is 14.6 Å². The second-order valence-electron chi connectivity index (χ2n) is 6.30. The number of halogens is 1. The molecule has 0 radical (unpaired) electrons. The number of aromatic hydroxyl groups is 1. The maximum absolute atomic E-state index is 13.3. The van der Waals surface area contributed by atoms with Gasteiger partial charge in [0.25, 0.3) is 0 Å². The van der Waals surface area contributed by atoms with Gasteiger partial charge in [-0.1, -0.05) is 24.3 Å². The fourth-order valence-corrected chi connectivity index (χ4v) is 3.06. The highest BCUT2D eigenvalue weighted by Gasteiger charge is 2.14. The minimum Gasteiger partial charge on any atom is -0.507 e. The van der Waals surface area contributed by atoms with E-state index in [2.05, 4.69) is 14.9 Å². The smallest absolute Gasteiger partial charge is 0.172 e. The Labute approximate surface area is 165 Å². The predicted octanol–water partition coefficient (Wildman–Crippen LogP) is 4.29. The van der Waals surface area contributed by atoms with Crippen molar-refractivity contribution in [3.05, 3.63) is 83.9 Å². The zero-order valence-electron chi connectivity index (χ0n) is 15.2. The Bertz CT molecular complexity index is 1150. The second kappa shape index (κ2) is 8.17. The van der Waals surface area contributed by atoms with E-state index in [1.165, 1.54) is 6.07 Å². The average molecular weight is 396 g/mol. The van der Waals surface area contributed by atoms with Crippen molar-refractivity contribution in [2.45, 2.75) is 13.2 Å². The van der Waals surface area contributed by atoms with Crippen LogP contribution in [-0.4, -0.2) is 19.9 Å². The van der Waals surface area contributed by atoms with Gasteiger partial charge in [0.2, 0.25) is 0 Å². The summed E-state index contributed by atoms with van der Waals surface area (Å²) in [6, 6.07) is 18.1. The number of para-hydroxylation sites is 2. The summed E-state index contributed by atoms with van der Waals surface area (Å²) in [7, 11) is 0. The van der Waals surface area contributed by atoms with E-state index in [-0.39, 0.29) is 18.1 Å². The number of rotatable bonds is 7. The zero-order chi connectivity index (χ0) is 20.2. The Balaban J connectivity index is 1.63. The standard InChI is InChI=1S/C21H17FN2O5/c22-15-9-8-14(20(25)10-15)12-24-19-7-2-1-6-18(19)23-21(24)13-27-16-4-3-5-17(11-16)28-29-26/h1-11,25-26H,12-13H2. The van der Waals surface area contributed by atoms with Gasteiger partial charge in [0.05, 0.1) is 17.6 Å². The molecule has 0 atom stereocenters. The molecule has 3 aromatic carbocycles. The molecule has 0 aliphatic carbocycles. The van der Waals surface area contributed by atoms with E-state index in [1.54, 1.807) is 30.3 Å². The molecule has 0 unspecified atom stereocenters. The molecule has 0 saturated heterocycles. The van der Waals surface area contributed by atoms with E-state index >= 15 is 0 Å². The largest absolute Gasteiger partial charge is 0.507 e. The van der Waals surface area contributed by atoms with E-state index in [9.17, 15) is 9.50 Å². The van der Waals surface area contributed by atoms with Crippen LogP contribution in [0.25, 0.3) is 11.0 Å². The third-order valence-electron chi connectivity index (χ3n) is 4.42. The van der Waals surface area contributed by atoms with Crippen LogP contribution in [0.5, 0.6) is 17.2 Å². The minimum atomic E-state index is -0.501. The van der Waals surface area contributed by atoms with Crippen molar-refractivity contribution >= 4 is 11.0 Å². The van der Waals surface area contributed by atoms with Crippen LogP contribution in [0.3, 0.4) is 0 Å². The van der Waals surface area contributed by atoms with Crippen molar-refractivity contribution in [1.82, 2.24) is 9.55 Å². The summed E-state index contributed by atoms with van der Waals surface area (Å²) in [5.74, 6) is 0.764. The van der Waals surface area contributed by atoms with Crippen LogP contribution in [0.15, 0.2) is 66.7 Å². The van der Waals surface area contributed by atoms with Crippen LogP contribution in [0.1, 0.15) is 11.4 Å². The molecule has 4 rings (SSSR count). The average Bonchev–Trinajstić information content (AvgIpc) is 3.06. The van der Waals surface area contributed by atoms with Crippen LogP contribution in [0.4, 0.5) is 4.39 Å². The van der Waals surface area contributed by atoms with Crippen molar-refractivity contribution < 1.29 is 29.4 Å². The fourth-order valence-electron chi connectivity index (χ4n) is 3.06. The zero-order valence-corrected chi connectivity index (χ0v) is 15.2. The number of imidazole rings is 1. The molecule has 2 N–H and O–H groups in total. The summed E-state index contributed by atoms with van der Waals surface area (Å²) >= 11 is 0. The van der Waals surface area contributed by atoms with Crippen LogP contribution in [-0.2, 0) is 18.2 Å². The van der Waals surface area contributed by atoms with Gasteiger partial charge in [0.15, 0.2) is 5.75 Å². The third kappa shape index (κ3) is 4.13. The Morgan fingerprint density at radius 1 is 0.966 bits per heavy atom. The first-order valence-corrected chi connectivity index (χ1v) is 8.76. The van der Waals surface area contributed by atoms with Gasteiger partial charge in [-0.15, -0.1) is 0 Å². The van der Waals surface area contributed by atoms with Crippen LogP contribution >= 0.6 is 0 Å². The van der Waals surface area contributed by atoms with Gasteiger partial charge in [-0.05, 0) is 35.4 Å². The lowest BCUT2D eigenvalue weighted by Crippen LogP contribution is -2.08. The second-order valence-corrected chi connectivity index (χ2v) is 6.30. The molecule has 7 nitrogen and oxygen atoms in total. The van der Waals surface area contributed by atoms with E-state index in [0.717, 1.165) is 17.1 Å². The van der Waals surface area contributed by atoms with Crippen molar-refractivity contribution in [2.24, 2.45) is 0 Å². The molecule has 1 aromatic heterocycles. The molecule has 148 valence electrons. The monoisotopic (exact) mass is 396 g/mol. The normalized spacial score (nSPS) is 11.0. The molecule has 0 fully saturated rings. The number of aromatic nitrogens is 2. The summed E-state index contributed by atoms with van der Waals surface area (Å²) in [6.45, 7) is 0.437. The number of phenols is 1. The highest BCUT2D eigenvalue weighted by Crippen LogP contribution is 2.25. The highest BCUT2D eigenvalue weighted by atomic mass is 19.1. The molecule has 0 saturated carbocycles. The predicted molar refractivity (Wildman–Crippen MR) is 102 cm³/mol. The van der Waals surface area contributed by atoms with Crippen molar-refractivity contribution in [2.75, 3.05) is 0 Å². The Hall–Kier alpha value is -3.62. The molecular weight excluding hydrogens is 379 g/mol. The molecule has 0 bridgehead atoms. The summed E-state index contributed by atoms with van der Waals surface area (Å²) in [6.07, 6.45) is 0. The number of ether oxygens (including phenoxy) is 1. The summed E-state index contributed by atoms with van der Waals surface area (Å²) < 4.78 is 21.0. The SMILES string of the molecule is OOOc1cccc(OCc2nc3ccccc3n2Cc2ccc(F)cc2O)c1. The molecule has 0 aliphatic rings. The van der Waals surface area contributed by atoms with E-state index in [4.69, 9.17) is 9.99 Å². The lowest BCUT2D eigenvalue weighted by atomic mass is 10.2. The van der Waals surface area contributed by atoms with Crippen LogP contribution < -0.4 is 9.62 Å². The third-order valence-corrected chi connectivity index (χ3v) is 4.42. The van der Waals surface area contributed by atoms with Crippen LogP contribution in [0.2, 0.25) is 0 Å². The van der Waals surface area contributed by atoms with Crippen molar-refractivity contribution in [3.8, 4) is 17.2 Å². The van der Waals surface area contributed by atoms with E-state index in [0.29, 0.717) is 23.7 Å². The molecular formula is C21H17FN2O5. The van der Waals surface area contributed by atoms with Crippen molar-refractivity contribution in [3.63, 3.8) is 0 Å². The lowest BCUT2D eigenvalue weighted by molar-refractivity contribution is -0.438. The first-order chi connectivity index (χ1) is 14.1. The lowest BCUT2D eigenvalue weighted by Gasteiger charge is -2.12. The summed E-state index contributed by atoms with van der Waals surface area (Å²) in [5, 5.41) is 22.2. The number of nitrogens with zero attached hydrogens (tertiary/aromatic N) is 2. The molecule has 0 amide bonds. The maximum atomic E-state index is 13.3. The number of hydrogen-bond acceptors (Lipinski definition) is 6. The minimum absolute atomic E-state index is 0.122. The number of phenolic OH excluding ortho intramolecular Hbond substituents is 1. The van der Waals surface area contributed by atoms with E-state index < -0.39 is 5.82 Å². The van der Waals surface area contributed by atoms with Gasteiger partial charge in [-0.2, -0.15) is 0 Å². The van der Waals surface area contributed by atoms with Gasteiger partial charge >= 0.3 is 0 Å². The highest BCUT2D eigenvalue weighted by molar-refractivity contribution is 5.76. The Kier molecular flexibility index (Phi) is 5.28. The van der Waals surface area contributed by atoms with Gasteiger partial charge in [0, 0.05) is 17.7 Å². The summed E-state index contributed by atoms with van der Waals surface area (Å²) in [5.41, 5.74) is 2.20.